The Balaban J connectivity index is 1.50. The van der Waals surface area contributed by atoms with Gasteiger partial charge in [0, 0.05) is 23.2 Å². The summed E-state index contributed by atoms with van der Waals surface area (Å²) in [6.45, 7) is 2.79. The summed E-state index contributed by atoms with van der Waals surface area (Å²) in [6, 6.07) is 13.2. The maximum atomic E-state index is 6.03. The molecule has 0 atom stereocenters. The van der Waals surface area contributed by atoms with Gasteiger partial charge in [-0.25, -0.2) is 0 Å². The number of benzene rings is 1. The number of furan rings is 1. The Morgan fingerprint density at radius 3 is 2.85 bits per heavy atom. The number of hydrogen-bond acceptors (Lipinski definition) is 6. The fraction of sp³-hybridized carbons (Fsp3) is 0.167. The van der Waals surface area contributed by atoms with Crippen molar-refractivity contribution in [2.24, 2.45) is 0 Å². The van der Waals surface area contributed by atoms with Gasteiger partial charge in [-0.15, -0.1) is 10.2 Å². The first-order chi connectivity index (χ1) is 12.7. The number of halogens is 1. The summed E-state index contributed by atoms with van der Waals surface area (Å²) in [5.74, 6) is 2.78. The van der Waals surface area contributed by atoms with Crippen molar-refractivity contribution in [3.63, 3.8) is 0 Å². The third kappa shape index (κ3) is 3.40. The second kappa shape index (κ2) is 7.39. The zero-order valence-corrected chi connectivity index (χ0v) is 15.5. The van der Waals surface area contributed by atoms with Crippen molar-refractivity contribution < 1.29 is 8.94 Å². The van der Waals surface area contributed by atoms with Gasteiger partial charge in [0.1, 0.15) is 11.5 Å². The highest BCUT2D eigenvalue weighted by Gasteiger charge is 2.16. The highest BCUT2D eigenvalue weighted by atomic mass is 35.5. The zero-order chi connectivity index (χ0) is 17.9. The molecule has 0 fully saturated rings. The summed E-state index contributed by atoms with van der Waals surface area (Å²) in [4.78, 5) is 0. The molecule has 8 heteroatoms. The Bertz CT molecular complexity index is 1010. The molecule has 0 bridgehead atoms. The van der Waals surface area contributed by atoms with E-state index in [0.717, 1.165) is 34.5 Å². The average molecular weight is 387 g/mol. The monoisotopic (exact) mass is 386 g/mol. The Morgan fingerprint density at radius 1 is 1.15 bits per heavy atom. The fourth-order valence-electron chi connectivity index (χ4n) is 2.57. The predicted molar refractivity (Wildman–Crippen MR) is 99.9 cm³/mol. The first kappa shape index (κ1) is 16.9. The lowest BCUT2D eigenvalue weighted by Crippen LogP contribution is -1.99. The van der Waals surface area contributed by atoms with E-state index in [-0.39, 0.29) is 0 Å². The average Bonchev–Trinajstić information content (AvgIpc) is 3.39. The van der Waals surface area contributed by atoms with Gasteiger partial charge in [-0.3, -0.25) is 4.57 Å². The highest BCUT2D eigenvalue weighted by molar-refractivity contribution is 7.98. The van der Waals surface area contributed by atoms with Crippen molar-refractivity contribution in [3.05, 3.63) is 59.5 Å². The van der Waals surface area contributed by atoms with Crippen molar-refractivity contribution in [2.75, 3.05) is 0 Å². The number of aromatic nitrogens is 4. The van der Waals surface area contributed by atoms with E-state index in [1.54, 1.807) is 18.0 Å². The van der Waals surface area contributed by atoms with E-state index in [2.05, 4.69) is 15.4 Å². The smallest absolute Gasteiger partial charge is 0.200 e. The van der Waals surface area contributed by atoms with E-state index < -0.39 is 0 Å². The minimum atomic E-state index is 0.601. The lowest BCUT2D eigenvalue weighted by atomic mass is 10.1. The second-order valence-corrected chi connectivity index (χ2v) is 6.88. The third-order valence-corrected chi connectivity index (χ3v) is 5.02. The van der Waals surface area contributed by atoms with Gasteiger partial charge in [0.2, 0.25) is 0 Å². The van der Waals surface area contributed by atoms with Gasteiger partial charge in [0.25, 0.3) is 0 Å². The van der Waals surface area contributed by atoms with E-state index in [9.17, 15) is 0 Å². The van der Waals surface area contributed by atoms with Gasteiger partial charge in [0.05, 0.1) is 12.0 Å². The van der Waals surface area contributed by atoms with Crippen LogP contribution in [-0.2, 0) is 12.3 Å². The van der Waals surface area contributed by atoms with Gasteiger partial charge < -0.3 is 8.94 Å². The van der Waals surface area contributed by atoms with E-state index in [4.69, 9.17) is 20.5 Å². The van der Waals surface area contributed by atoms with Gasteiger partial charge in [-0.05, 0) is 31.2 Å². The lowest BCUT2D eigenvalue weighted by molar-refractivity contribution is 0.397. The zero-order valence-electron chi connectivity index (χ0n) is 13.9. The van der Waals surface area contributed by atoms with Crippen molar-refractivity contribution >= 4 is 23.4 Å². The van der Waals surface area contributed by atoms with Gasteiger partial charge in [-0.1, -0.05) is 40.7 Å². The minimum absolute atomic E-state index is 0.601. The molecule has 0 spiro atoms. The Morgan fingerprint density at radius 2 is 2.08 bits per heavy atom. The van der Waals surface area contributed by atoms with Crippen LogP contribution in [0.3, 0.4) is 0 Å². The van der Waals surface area contributed by atoms with Crippen LogP contribution >= 0.6 is 23.4 Å². The summed E-state index contributed by atoms with van der Waals surface area (Å²) in [5, 5.41) is 14.1. The molecule has 3 aromatic heterocycles. The fourth-order valence-corrected chi connectivity index (χ4v) is 3.64. The highest BCUT2D eigenvalue weighted by Crippen LogP contribution is 2.28. The predicted octanol–water partition coefficient (Wildman–Crippen LogP) is 5.16. The van der Waals surface area contributed by atoms with Crippen LogP contribution in [0.2, 0.25) is 5.02 Å². The first-order valence-corrected chi connectivity index (χ1v) is 9.42. The largest absolute Gasteiger partial charge is 0.461 e. The van der Waals surface area contributed by atoms with Crippen LogP contribution in [0.4, 0.5) is 0 Å². The molecule has 4 rings (SSSR count). The Labute approximate surface area is 159 Å². The third-order valence-electron chi connectivity index (χ3n) is 3.80. The molecule has 0 amide bonds. The molecule has 0 unspecified atom stereocenters. The number of nitrogens with zero attached hydrogens (tertiary/aromatic N) is 4. The molecule has 1 aromatic carbocycles. The Kier molecular flexibility index (Phi) is 4.81. The molecule has 4 aromatic rings. The van der Waals surface area contributed by atoms with Crippen molar-refractivity contribution in [1.82, 2.24) is 19.9 Å². The molecule has 0 saturated heterocycles. The number of rotatable bonds is 6. The van der Waals surface area contributed by atoms with E-state index in [1.165, 1.54) is 0 Å². The lowest BCUT2D eigenvalue weighted by Gasteiger charge is -2.04. The van der Waals surface area contributed by atoms with Crippen molar-refractivity contribution in [3.8, 4) is 22.8 Å². The molecule has 0 aliphatic heterocycles. The molecule has 6 nitrogen and oxygen atoms in total. The van der Waals surface area contributed by atoms with Crippen LogP contribution in [0, 0.1) is 0 Å². The molecule has 0 aliphatic rings. The summed E-state index contributed by atoms with van der Waals surface area (Å²) in [7, 11) is 0. The van der Waals surface area contributed by atoms with Crippen LogP contribution in [0.1, 0.15) is 12.7 Å². The maximum Gasteiger partial charge on any atom is 0.200 e. The molecular formula is C18H15ClN4O2S. The Hall–Kier alpha value is -2.51. The SMILES string of the molecule is CCn1c(SCc2cc(-c3cccc(Cl)c3)no2)nnc1-c1ccco1. The second-order valence-electron chi connectivity index (χ2n) is 5.51. The minimum Gasteiger partial charge on any atom is -0.461 e. The van der Waals surface area contributed by atoms with Gasteiger partial charge in [-0.2, -0.15) is 0 Å². The normalized spacial score (nSPS) is 11.2. The number of thioether (sulfide) groups is 1. The summed E-state index contributed by atoms with van der Waals surface area (Å²) >= 11 is 7.57. The van der Waals surface area contributed by atoms with Crippen LogP contribution in [0.15, 0.2) is 62.8 Å². The molecule has 0 saturated carbocycles. The van der Waals surface area contributed by atoms with E-state index in [1.807, 2.05) is 54.0 Å². The van der Waals surface area contributed by atoms with Gasteiger partial charge in [0.15, 0.2) is 16.7 Å². The molecule has 0 N–H and O–H groups in total. The van der Waals surface area contributed by atoms with Gasteiger partial charge >= 0.3 is 0 Å². The quantitative estimate of drug-likeness (QED) is 0.426. The van der Waals surface area contributed by atoms with E-state index >= 15 is 0 Å². The standard InChI is InChI=1S/C18H15ClN4O2S/c1-2-23-17(16-7-4-8-24-16)20-21-18(23)26-11-14-10-15(22-25-14)12-5-3-6-13(19)9-12/h3-10H,2,11H2,1H3. The van der Waals surface area contributed by atoms with Crippen LogP contribution < -0.4 is 0 Å². The number of hydrogen-bond donors (Lipinski definition) is 0. The van der Waals surface area contributed by atoms with Crippen LogP contribution in [0.5, 0.6) is 0 Å². The van der Waals surface area contributed by atoms with E-state index in [0.29, 0.717) is 16.5 Å². The van der Waals surface area contributed by atoms with Crippen LogP contribution in [-0.4, -0.2) is 19.9 Å². The molecule has 0 radical (unpaired) electrons. The summed E-state index contributed by atoms with van der Waals surface area (Å²) in [6.07, 6.45) is 1.63. The van der Waals surface area contributed by atoms with Crippen molar-refractivity contribution in [1.29, 1.82) is 0 Å². The van der Waals surface area contributed by atoms with Crippen molar-refractivity contribution in [2.45, 2.75) is 24.4 Å². The molecular weight excluding hydrogens is 372 g/mol. The molecule has 132 valence electrons. The first-order valence-electron chi connectivity index (χ1n) is 8.06. The summed E-state index contributed by atoms with van der Waals surface area (Å²) < 4.78 is 12.9. The topological polar surface area (TPSA) is 69.9 Å². The molecule has 0 aliphatic carbocycles. The van der Waals surface area contributed by atoms with Crippen LogP contribution in [0.25, 0.3) is 22.8 Å². The molecule has 26 heavy (non-hydrogen) atoms. The molecule has 3 heterocycles. The summed E-state index contributed by atoms with van der Waals surface area (Å²) in [5.41, 5.74) is 1.69. The maximum absolute atomic E-state index is 6.03.